The first-order valence-corrected chi connectivity index (χ1v) is 19.2. The average Bonchev–Trinajstić information content (AvgIpc) is 4.10. The smallest absolute Gasteiger partial charge is 0.310 e. The predicted molar refractivity (Wildman–Crippen MR) is 211 cm³/mol. The van der Waals surface area contributed by atoms with E-state index in [9.17, 15) is 24.0 Å². The third kappa shape index (κ3) is 11.7. The molecule has 0 fully saturated rings. The van der Waals surface area contributed by atoms with Crippen molar-refractivity contribution in [3.8, 4) is 46.3 Å². The Morgan fingerprint density at radius 3 is 1.48 bits per heavy atom. The number of carbonyl (C=O) groups is 5. The molecule has 2 atom stereocenters. The highest BCUT2D eigenvalue weighted by atomic mass is 16.6. The third-order valence-corrected chi connectivity index (χ3v) is 8.60. The first kappa shape index (κ1) is 43.7. The zero-order chi connectivity index (χ0) is 44.2. The maximum atomic E-state index is 13.4. The Kier molecular flexibility index (Phi) is 14.4. The highest BCUT2D eigenvalue weighted by Gasteiger charge is 2.29. The van der Waals surface area contributed by atoms with Gasteiger partial charge in [0, 0.05) is 32.7 Å². The van der Waals surface area contributed by atoms with Crippen LogP contribution in [0.1, 0.15) is 112 Å². The highest BCUT2D eigenvalue weighted by Crippen LogP contribution is 2.30. The Hall–Kier alpha value is -7.84. The molecule has 8 heterocycles. The van der Waals surface area contributed by atoms with E-state index in [2.05, 4.69) is 50.3 Å². The lowest BCUT2D eigenvalue weighted by Crippen LogP contribution is -2.32. The molecule has 0 saturated carbocycles. The van der Waals surface area contributed by atoms with Crippen LogP contribution in [0, 0.1) is 5.92 Å². The van der Waals surface area contributed by atoms with E-state index in [-0.39, 0.29) is 81.2 Å². The van der Waals surface area contributed by atoms with Gasteiger partial charge in [0.1, 0.15) is 55.4 Å². The van der Waals surface area contributed by atoms with Crippen molar-refractivity contribution in [3.63, 3.8) is 0 Å². The average molecular weight is 852 g/mol. The quantitative estimate of drug-likeness (QED) is 0.0935. The van der Waals surface area contributed by atoms with Gasteiger partial charge in [-0.1, -0.05) is 32.8 Å². The molecule has 0 aromatic carbocycles. The highest BCUT2D eigenvalue weighted by molar-refractivity contribution is 5.93. The number of esters is 2. The molecular weight excluding hydrogens is 811 g/mol. The van der Waals surface area contributed by atoms with Gasteiger partial charge in [-0.25, -0.2) is 29.9 Å². The lowest BCUT2D eigenvalue weighted by Gasteiger charge is -2.18. The molecule has 322 valence electrons. The van der Waals surface area contributed by atoms with Crippen LogP contribution in [0.15, 0.2) is 94.7 Å². The molecule has 7 aromatic rings. The number of pyridine rings is 1. The fraction of sp³-hybridized carbons (Fsp3) is 0.317. The molecule has 62 heavy (non-hydrogen) atoms. The number of Topliss-reactive ketones (excluding diaryl/α,β-unsaturated/α-hetero) is 1. The summed E-state index contributed by atoms with van der Waals surface area (Å²) in [5, 5.41) is 5.79. The van der Waals surface area contributed by atoms with E-state index < -0.39 is 35.8 Å². The van der Waals surface area contributed by atoms with Crippen LogP contribution < -0.4 is 10.6 Å². The normalized spacial score (nSPS) is 14.5. The summed E-state index contributed by atoms with van der Waals surface area (Å²) in [5.74, 6) is -1.50. The number of ketones is 1. The number of rotatable bonds is 7. The number of ether oxygens (including phenoxy) is 1. The zero-order valence-electron chi connectivity index (χ0n) is 34.1. The summed E-state index contributed by atoms with van der Waals surface area (Å²) >= 11 is 0. The summed E-state index contributed by atoms with van der Waals surface area (Å²) in [6, 6.07) is 4.41. The van der Waals surface area contributed by atoms with Crippen LogP contribution in [0.25, 0.3) is 46.3 Å². The molecule has 0 saturated heterocycles. The van der Waals surface area contributed by atoms with Crippen molar-refractivity contribution >= 4 is 29.5 Å². The minimum Gasteiger partial charge on any atom is -0.446 e. The van der Waals surface area contributed by atoms with E-state index in [1.165, 1.54) is 51.4 Å². The van der Waals surface area contributed by atoms with Crippen LogP contribution in [-0.4, -0.2) is 64.4 Å². The minimum atomic E-state index is -0.666. The summed E-state index contributed by atoms with van der Waals surface area (Å²) in [4.78, 5) is 87.8. The summed E-state index contributed by atoms with van der Waals surface area (Å²) in [5.41, 5.74) is 0.944. The van der Waals surface area contributed by atoms with Crippen molar-refractivity contribution in [2.75, 3.05) is 0 Å². The van der Waals surface area contributed by atoms with E-state index in [4.69, 9.17) is 26.5 Å². The second kappa shape index (κ2) is 20.4. The van der Waals surface area contributed by atoms with Gasteiger partial charge in [0.05, 0.1) is 0 Å². The van der Waals surface area contributed by atoms with Crippen LogP contribution in [0.5, 0.6) is 0 Å². The van der Waals surface area contributed by atoms with Gasteiger partial charge >= 0.3 is 11.9 Å². The number of aromatic nitrogens is 7. The Morgan fingerprint density at radius 2 is 1.03 bits per heavy atom. The summed E-state index contributed by atoms with van der Waals surface area (Å²) in [6.07, 6.45) is 14.3. The summed E-state index contributed by atoms with van der Waals surface area (Å²) < 4.78 is 37.8. The van der Waals surface area contributed by atoms with Gasteiger partial charge in [0.15, 0.2) is 34.2 Å². The second-order valence-corrected chi connectivity index (χ2v) is 13.9. The topological polar surface area (TPSA) is 288 Å². The largest absolute Gasteiger partial charge is 0.446 e. The number of nitrogens with one attached hydrogen (secondary N) is 2. The van der Waals surface area contributed by atoms with Gasteiger partial charge in [0.2, 0.25) is 35.3 Å². The van der Waals surface area contributed by atoms with Crippen molar-refractivity contribution in [1.29, 1.82) is 0 Å². The third-order valence-electron chi connectivity index (χ3n) is 8.60. The molecule has 21 heteroatoms. The SMILES string of the molecule is CC(=O)CCCCCC1NC(=O)c2coc(n2)-c2coc(n2)-c2coc(n2)C(C(C)C)NC(=O)c2coc(n2)-c2coc(n2)-c2coc1n2.CC(=O)OC(C)=O.c1ccncc1. The van der Waals surface area contributed by atoms with Crippen molar-refractivity contribution in [2.45, 2.75) is 78.8 Å². The number of unbranched alkanes of at least 4 members (excludes halogenated alkanes) is 2. The fourth-order valence-electron chi connectivity index (χ4n) is 5.68. The summed E-state index contributed by atoms with van der Waals surface area (Å²) in [6.45, 7) is 7.70. The molecule has 0 spiro atoms. The molecule has 2 N–H and O–H groups in total. The summed E-state index contributed by atoms with van der Waals surface area (Å²) in [7, 11) is 0. The number of hydrogen-bond donors (Lipinski definition) is 2. The van der Waals surface area contributed by atoms with Crippen LogP contribution in [0.2, 0.25) is 0 Å². The zero-order valence-corrected chi connectivity index (χ0v) is 34.1. The van der Waals surface area contributed by atoms with E-state index in [0.29, 0.717) is 19.3 Å². The lowest BCUT2D eigenvalue weighted by atomic mass is 10.0. The van der Waals surface area contributed by atoms with Gasteiger partial charge < -0.3 is 46.7 Å². The molecule has 21 nitrogen and oxygen atoms in total. The molecular formula is C41H41N9O12. The predicted octanol–water partition coefficient (Wildman–Crippen LogP) is 6.91. The molecule has 7 aromatic heterocycles. The van der Waals surface area contributed by atoms with Crippen molar-refractivity contribution in [1.82, 2.24) is 45.5 Å². The number of hydrogen-bond acceptors (Lipinski definition) is 19. The number of amides is 2. The van der Waals surface area contributed by atoms with E-state index in [1.807, 2.05) is 32.0 Å². The van der Waals surface area contributed by atoms with Crippen LogP contribution >= 0.6 is 0 Å². The Balaban J connectivity index is 0.000000426. The van der Waals surface area contributed by atoms with Gasteiger partial charge in [0.25, 0.3) is 11.8 Å². The van der Waals surface area contributed by atoms with E-state index >= 15 is 0 Å². The van der Waals surface area contributed by atoms with Crippen molar-refractivity contribution < 1.29 is 55.2 Å². The minimum absolute atomic E-state index is 0.000273. The molecule has 1 aliphatic rings. The molecule has 0 radical (unpaired) electrons. The van der Waals surface area contributed by atoms with E-state index in [0.717, 1.165) is 12.8 Å². The molecule has 0 aliphatic carbocycles. The second-order valence-electron chi connectivity index (χ2n) is 13.9. The monoisotopic (exact) mass is 851 g/mol. The fourth-order valence-corrected chi connectivity index (χ4v) is 5.68. The molecule has 8 rings (SSSR count). The first-order chi connectivity index (χ1) is 29.8. The maximum Gasteiger partial charge on any atom is 0.310 e. The number of fused-ring (bicyclic) bond motifs is 16. The maximum absolute atomic E-state index is 13.4. The standard InChI is InChI=1S/C32H30N8O9.C5H5N.C4H6O3/c1-15(2)24-32-39-23(14-49-32)31-38-20(13-48-31)28-34-18(9-44-28)25(42)33-17(8-6-4-5-7-16(3)41)27-36-22(11-46-27)30-37-21(12-47-30)29-35-19(10-45-29)26(43)40-24;1-2-4-6-5-3-1;1-3(5)7-4(2)6/h9-15,17,24H,4-8H2,1-3H3,(H,33,42)(H,40,43);1-5H;1-2H3. The molecule has 12 bridgehead atoms. The van der Waals surface area contributed by atoms with Crippen molar-refractivity contribution in [3.05, 3.63) is 91.3 Å². The number of carbonyl (C=O) groups excluding carboxylic acids is 5. The Labute approximate surface area is 352 Å². The number of nitrogens with zero attached hydrogens (tertiary/aromatic N) is 7. The van der Waals surface area contributed by atoms with Gasteiger partial charge in [-0.15, -0.1) is 0 Å². The van der Waals surface area contributed by atoms with Gasteiger partial charge in [-0.2, -0.15) is 0 Å². The van der Waals surface area contributed by atoms with Crippen LogP contribution in [-0.2, 0) is 19.1 Å². The Bertz CT molecular complexity index is 2560. The van der Waals surface area contributed by atoms with E-state index in [1.54, 1.807) is 19.3 Å². The lowest BCUT2D eigenvalue weighted by molar-refractivity contribution is -0.156. The number of oxazole rings is 6. The molecule has 1 aliphatic heterocycles. The van der Waals surface area contributed by atoms with Gasteiger partial charge in [-0.05, 0) is 37.8 Å². The van der Waals surface area contributed by atoms with Crippen LogP contribution in [0.3, 0.4) is 0 Å². The molecule has 2 amide bonds. The van der Waals surface area contributed by atoms with Crippen molar-refractivity contribution in [2.24, 2.45) is 5.92 Å². The Morgan fingerprint density at radius 1 is 0.581 bits per heavy atom. The first-order valence-electron chi connectivity index (χ1n) is 19.2. The molecule has 2 unspecified atom stereocenters. The van der Waals surface area contributed by atoms with Crippen LogP contribution in [0.4, 0.5) is 0 Å². The van der Waals surface area contributed by atoms with Gasteiger partial charge in [-0.3, -0.25) is 24.2 Å².